The molecule has 6 heteroatoms. The molecule has 0 spiro atoms. The Morgan fingerprint density at radius 1 is 1.07 bits per heavy atom. The van der Waals surface area contributed by atoms with Gasteiger partial charge in [-0.05, 0) is 43.2 Å². The van der Waals surface area contributed by atoms with Gasteiger partial charge in [0.25, 0.3) is 0 Å². The number of ether oxygens (including phenoxy) is 1. The molecule has 5 nitrogen and oxygen atoms in total. The van der Waals surface area contributed by atoms with E-state index < -0.39 is 0 Å². The summed E-state index contributed by atoms with van der Waals surface area (Å²) in [6.45, 7) is 4.63. The number of aromatic nitrogens is 2. The smallest absolute Gasteiger partial charge is 0.338 e. The predicted molar refractivity (Wildman–Crippen MR) is 123 cm³/mol. The van der Waals surface area contributed by atoms with E-state index in [0.717, 1.165) is 45.7 Å². The van der Waals surface area contributed by atoms with Crippen LogP contribution < -0.4 is 5.32 Å². The molecular weight excluding hydrogens is 394 g/mol. The number of unbranched alkanes of at least 4 members (excludes halogenated alkanes) is 1. The molecule has 1 N–H and O–H groups in total. The van der Waals surface area contributed by atoms with Crippen molar-refractivity contribution in [3.63, 3.8) is 0 Å². The topological polar surface area (TPSA) is 64.1 Å². The number of rotatable bonds is 7. The Balaban J connectivity index is 1.62. The van der Waals surface area contributed by atoms with Gasteiger partial charge in [0.15, 0.2) is 0 Å². The van der Waals surface area contributed by atoms with E-state index in [1.54, 1.807) is 29.8 Å². The van der Waals surface area contributed by atoms with Crippen LogP contribution in [-0.2, 0) is 4.74 Å². The van der Waals surface area contributed by atoms with E-state index in [0.29, 0.717) is 12.2 Å². The SMILES string of the molecule is CCCCOC(=O)c1ccc(Nc2ncnc3sc(C)c(-c4ccccc4)c23)cc1. The molecule has 0 fully saturated rings. The van der Waals surface area contributed by atoms with Crippen LogP contribution in [-0.4, -0.2) is 22.5 Å². The number of nitrogens with zero attached hydrogens (tertiary/aromatic N) is 2. The molecule has 0 aliphatic rings. The zero-order valence-electron chi connectivity index (χ0n) is 17.0. The van der Waals surface area contributed by atoms with Gasteiger partial charge >= 0.3 is 5.97 Å². The maximum atomic E-state index is 12.1. The lowest BCUT2D eigenvalue weighted by Crippen LogP contribution is -2.06. The van der Waals surface area contributed by atoms with E-state index in [-0.39, 0.29) is 5.97 Å². The summed E-state index contributed by atoms with van der Waals surface area (Å²) >= 11 is 1.66. The molecule has 0 atom stereocenters. The number of esters is 1. The van der Waals surface area contributed by atoms with E-state index in [2.05, 4.69) is 41.3 Å². The van der Waals surface area contributed by atoms with E-state index in [9.17, 15) is 4.79 Å². The number of aryl methyl sites for hydroxylation is 1. The summed E-state index contributed by atoms with van der Waals surface area (Å²) in [5.74, 6) is 0.459. The lowest BCUT2D eigenvalue weighted by Gasteiger charge is -2.10. The van der Waals surface area contributed by atoms with Crippen LogP contribution in [0.3, 0.4) is 0 Å². The second kappa shape index (κ2) is 9.05. The summed E-state index contributed by atoms with van der Waals surface area (Å²) in [4.78, 5) is 23.2. The summed E-state index contributed by atoms with van der Waals surface area (Å²) in [5.41, 5.74) is 3.68. The molecule has 0 radical (unpaired) electrons. The van der Waals surface area contributed by atoms with Crippen LogP contribution in [0.2, 0.25) is 0 Å². The van der Waals surface area contributed by atoms with Gasteiger partial charge in [-0.15, -0.1) is 11.3 Å². The van der Waals surface area contributed by atoms with Crippen LogP contribution >= 0.6 is 11.3 Å². The number of hydrogen-bond acceptors (Lipinski definition) is 6. The quantitative estimate of drug-likeness (QED) is 0.280. The Kier molecular flexibility index (Phi) is 6.05. The fourth-order valence-electron chi connectivity index (χ4n) is 3.31. The Morgan fingerprint density at radius 2 is 1.83 bits per heavy atom. The minimum absolute atomic E-state index is 0.292. The normalized spacial score (nSPS) is 10.9. The first-order valence-electron chi connectivity index (χ1n) is 10.0. The van der Waals surface area contributed by atoms with Crippen molar-refractivity contribution in [1.82, 2.24) is 9.97 Å². The lowest BCUT2D eigenvalue weighted by atomic mass is 10.0. The van der Waals surface area contributed by atoms with Crippen molar-refractivity contribution >= 4 is 39.0 Å². The van der Waals surface area contributed by atoms with Crippen LogP contribution in [0.5, 0.6) is 0 Å². The molecule has 4 aromatic rings. The summed E-state index contributed by atoms with van der Waals surface area (Å²) in [5, 5.41) is 4.40. The first kappa shape index (κ1) is 20.0. The number of thiophene rings is 1. The average Bonchev–Trinajstić information content (AvgIpc) is 3.12. The minimum atomic E-state index is -0.292. The highest BCUT2D eigenvalue weighted by atomic mass is 32.1. The second-order valence-corrected chi connectivity index (χ2v) is 8.20. The molecule has 0 amide bonds. The van der Waals surface area contributed by atoms with E-state index in [1.807, 2.05) is 30.3 Å². The molecule has 30 heavy (non-hydrogen) atoms. The summed E-state index contributed by atoms with van der Waals surface area (Å²) in [7, 11) is 0. The van der Waals surface area contributed by atoms with Crippen LogP contribution in [0, 0.1) is 6.92 Å². The third-order valence-corrected chi connectivity index (χ3v) is 5.85. The van der Waals surface area contributed by atoms with Gasteiger partial charge in [-0.3, -0.25) is 0 Å². The number of hydrogen-bond donors (Lipinski definition) is 1. The predicted octanol–water partition coefficient (Wildman–Crippen LogP) is 6.37. The number of fused-ring (bicyclic) bond motifs is 1. The largest absolute Gasteiger partial charge is 0.462 e. The highest BCUT2D eigenvalue weighted by molar-refractivity contribution is 7.19. The highest BCUT2D eigenvalue weighted by Gasteiger charge is 2.17. The first-order valence-corrected chi connectivity index (χ1v) is 10.8. The zero-order chi connectivity index (χ0) is 20.9. The Morgan fingerprint density at radius 3 is 2.57 bits per heavy atom. The van der Waals surface area contributed by atoms with E-state index in [1.165, 1.54) is 4.88 Å². The number of benzene rings is 2. The van der Waals surface area contributed by atoms with Gasteiger partial charge in [0, 0.05) is 16.1 Å². The molecule has 152 valence electrons. The van der Waals surface area contributed by atoms with Gasteiger partial charge < -0.3 is 10.1 Å². The summed E-state index contributed by atoms with van der Waals surface area (Å²) in [6.07, 6.45) is 3.45. The third-order valence-electron chi connectivity index (χ3n) is 4.84. The van der Waals surface area contributed by atoms with E-state index in [4.69, 9.17) is 4.74 Å². The van der Waals surface area contributed by atoms with Crippen LogP contribution in [0.1, 0.15) is 35.0 Å². The maximum absolute atomic E-state index is 12.1. The molecule has 0 aliphatic carbocycles. The number of carbonyl (C=O) groups is 1. The van der Waals surface area contributed by atoms with Crippen molar-refractivity contribution in [1.29, 1.82) is 0 Å². The minimum Gasteiger partial charge on any atom is -0.462 e. The van der Waals surface area contributed by atoms with Crippen LogP contribution in [0.15, 0.2) is 60.9 Å². The number of nitrogens with one attached hydrogen (secondary N) is 1. The highest BCUT2D eigenvalue weighted by Crippen LogP contribution is 2.40. The maximum Gasteiger partial charge on any atom is 0.338 e. The van der Waals surface area contributed by atoms with Gasteiger partial charge in [-0.1, -0.05) is 43.7 Å². The molecular formula is C24H23N3O2S. The Hall–Kier alpha value is -3.25. The van der Waals surface area contributed by atoms with Gasteiger partial charge in [0.2, 0.25) is 0 Å². The second-order valence-electron chi connectivity index (χ2n) is 6.99. The van der Waals surface area contributed by atoms with Crippen LogP contribution in [0.4, 0.5) is 11.5 Å². The van der Waals surface area contributed by atoms with Crippen molar-refractivity contribution < 1.29 is 9.53 Å². The van der Waals surface area contributed by atoms with E-state index >= 15 is 0 Å². The average molecular weight is 418 g/mol. The molecule has 2 heterocycles. The van der Waals surface area contributed by atoms with Gasteiger partial charge in [-0.25, -0.2) is 14.8 Å². The third kappa shape index (κ3) is 4.19. The first-order chi connectivity index (χ1) is 14.7. The monoisotopic (exact) mass is 417 g/mol. The van der Waals surface area contributed by atoms with Crippen molar-refractivity contribution in [2.75, 3.05) is 11.9 Å². The number of anilines is 2. The Bertz CT molecular complexity index is 1150. The van der Waals surface area contributed by atoms with Crippen molar-refractivity contribution in [2.45, 2.75) is 26.7 Å². The van der Waals surface area contributed by atoms with Gasteiger partial charge in [0.1, 0.15) is 17.0 Å². The Labute approximate surface area is 179 Å². The molecule has 2 aromatic heterocycles. The van der Waals surface area contributed by atoms with Crippen LogP contribution in [0.25, 0.3) is 21.3 Å². The van der Waals surface area contributed by atoms with Crippen molar-refractivity contribution in [2.24, 2.45) is 0 Å². The molecule has 0 saturated heterocycles. The fourth-order valence-corrected chi connectivity index (χ4v) is 4.32. The molecule has 0 unspecified atom stereocenters. The fraction of sp³-hybridized carbons (Fsp3) is 0.208. The molecule has 0 saturated carbocycles. The molecule has 0 aliphatic heterocycles. The number of carbonyl (C=O) groups excluding carboxylic acids is 1. The standard InChI is InChI=1S/C24H23N3O2S/c1-3-4-14-29-24(28)18-10-12-19(13-11-18)27-22-21-20(17-8-6-5-7-9-17)16(2)30-23(21)26-15-25-22/h5-13,15H,3-4,14H2,1-2H3,(H,25,26,27). The lowest BCUT2D eigenvalue weighted by molar-refractivity contribution is 0.0500. The summed E-state index contributed by atoms with van der Waals surface area (Å²) in [6, 6.07) is 17.6. The molecule has 0 bridgehead atoms. The molecule has 2 aromatic carbocycles. The van der Waals surface area contributed by atoms with Gasteiger partial charge in [-0.2, -0.15) is 0 Å². The van der Waals surface area contributed by atoms with Crippen molar-refractivity contribution in [3.05, 3.63) is 71.4 Å². The van der Waals surface area contributed by atoms with Gasteiger partial charge in [0.05, 0.1) is 17.6 Å². The summed E-state index contributed by atoms with van der Waals surface area (Å²) < 4.78 is 5.27. The van der Waals surface area contributed by atoms with Crippen molar-refractivity contribution in [3.8, 4) is 11.1 Å². The molecule has 4 rings (SSSR count). The zero-order valence-corrected chi connectivity index (χ0v) is 17.8.